The van der Waals surface area contributed by atoms with E-state index in [4.69, 9.17) is 5.11 Å². The number of aromatic nitrogens is 3. The van der Waals surface area contributed by atoms with Crippen molar-refractivity contribution in [1.29, 1.82) is 0 Å². The summed E-state index contributed by atoms with van der Waals surface area (Å²) in [6, 6.07) is 7.46. The minimum Gasteiger partial charge on any atom is -0.481 e. The van der Waals surface area contributed by atoms with E-state index < -0.39 is 11.9 Å². The van der Waals surface area contributed by atoms with E-state index in [9.17, 15) is 9.59 Å². The monoisotopic (exact) mass is 307 g/mol. The van der Waals surface area contributed by atoms with Gasteiger partial charge in [-0.2, -0.15) is 0 Å². The van der Waals surface area contributed by atoms with Gasteiger partial charge in [0.25, 0.3) is 0 Å². The van der Waals surface area contributed by atoms with Crippen LogP contribution in [-0.2, 0) is 17.1 Å². The summed E-state index contributed by atoms with van der Waals surface area (Å²) in [4.78, 5) is 22.4. The number of thioether (sulfide) groups is 1. The van der Waals surface area contributed by atoms with Crippen LogP contribution in [0, 0.1) is 0 Å². The Morgan fingerprint density at radius 2 is 2.10 bits per heavy atom. The van der Waals surface area contributed by atoms with Gasteiger partial charge in [-0.1, -0.05) is 36.0 Å². The molecule has 2 N–H and O–H groups in total. The fourth-order valence-corrected chi connectivity index (χ4v) is 2.85. The van der Waals surface area contributed by atoms with Crippen molar-refractivity contribution in [3.8, 4) is 0 Å². The molecule has 7 heteroatoms. The number of H-pyrrole nitrogens is 1. The lowest BCUT2D eigenvalue weighted by atomic mass is 10.0. The summed E-state index contributed by atoms with van der Waals surface area (Å²) in [6.07, 6.45) is 0. The van der Waals surface area contributed by atoms with Gasteiger partial charge in [0, 0.05) is 12.3 Å². The predicted molar refractivity (Wildman–Crippen MR) is 80.6 cm³/mol. The van der Waals surface area contributed by atoms with Gasteiger partial charge in [0.15, 0.2) is 5.16 Å². The first-order valence-electron chi connectivity index (χ1n) is 6.62. The fourth-order valence-electron chi connectivity index (χ4n) is 1.89. The summed E-state index contributed by atoms with van der Waals surface area (Å²) in [6.45, 7) is 4.13. The van der Waals surface area contributed by atoms with Crippen molar-refractivity contribution in [3.63, 3.8) is 0 Å². The molecule has 0 fully saturated rings. The fraction of sp³-hybridized carbons (Fsp3) is 0.357. The SMILES string of the molecule is CCn1c(SCc2ccc(C(C)C(=O)O)cc2)n[nH]c1=O. The molecule has 112 valence electrons. The molecule has 0 aliphatic rings. The van der Waals surface area contributed by atoms with Gasteiger partial charge < -0.3 is 5.11 Å². The van der Waals surface area contributed by atoms with Crippen molar-refractivity contribution in [1.82, 2.24) is 14.8 Å². The lowest BCUT2D eigenvalue weighted by molar-refractivity contribution is -0.138. The zero-order valence-corrected chi connectivity index (χ0v) is 12.7. The van der Waals surface area contributed by atoms with Crippen molar-refractivity contribution >= 4 is 17.7 Å². The predicted octanol–water partition coefficient (Wildman–Crippen LogP) is 2.07. The lowest BCUT2D eigenvalue weighted by Gasteiger charge is -2.07. The number of aliphatic carboxylic acids is 1. The molecular formula is C14H17N3O3S. The third kappa shape index (κ3) is 3.55. The molecule has 2 aromatic rings. The Kier molecular flexibility index (Phi) is 4.85. The van der Waals surface area contributed by atoms with Crippen LogP contribution in [0.2, 0.25) is 0 Å². The second-order valence-corrected chi connectivity index (χ2v) is 5.59. The maximum Gasteiger partial charge on any atom is 0.343 e. The highest BCUT2D eigenvalue weighted by molar-refractivity contribution is 7.98. The van der Waals surface area contributed by atoms with Crippen LogP contribution in [0.5, 0.6) is 0 Å². The molecular weight excluding hydrogens is 290 g/mol. The van der Waals surface area contributed by atoms with E-state index in [-0.39, 0.29) is 5.69 Å². The second-order valence-electron chi connectivity index (χ2n) is 4.65. The number of carboxylic acids is 1. The van der Waals surface area contributed by atoms with Gasteiger partial charge in [0.05, 0.1) is 5.92 Å². The van der Waals surface area contributed by atoms with Crippen molar-refractivity contribution in [2.24, 2.45) is 0 Å². The van der Waals surface area contributed by atoms with Crippen LogP contribution in [0.1, 0.15) is 30.9 Å². The molecule has 21 heavy (non-hydrogen) atoms. The van der Waals surface area contributed by atoms with Crippen molar-refractivity contribution in [2.45, 2.75) is 37.2 Å². The quantitative estimate of drug-likeness (QED) is 0.798. The average Bonchev–Trinajstić information content (AvgIpc) is 2.85. The number of rotatable bonds is 6. The molecule has 0 saturated carbocycles. The number of benzene rings is 1. The Morgan fingerprint density at radius 1 is 1.43 bits per heavy atom. The van der Waals surface area contributed by atoms with Crippen molar-refractivity contribution in [3.05, 3.63) is 45.9 Å². The van der Waals surface area contributed by atoms with Gasteiger partial charge in [-0.05, 0) is 25.0 Å². The first-order chi connectivity index (χ1) is 10.0. The van der Waals surface area contributed by atoms with Crippen LogP contribution in [0.25, 0.3) is 0 Å². The molecule has 1 heterocycles. The van der Waals surface area contributed by atoms with E-state index in [0.717, 1.165) is 11.1 Å². The molecule has 1 atom stereocenters. The van der Waals surface area contributed by atoms with Gasteiger partial charge in [0.2, 0.25) is 0 Å². The molecule has 0 bridgehead atoms. The zero-order valence-electron chi connectivity index (χ0n) is 11.9. The molecule has 1 unspecified atom stereocenters. The third-order valence-corrected chi connectivity index (χ3v) is 4.31. The minimum atomic E-state index is -0.833. The number of hydrogen-bond donors (Lipinski definition) is 2. The smallest absolute Gasteiger partial charge is 0.343 e. The Morgan fingerprint density at radius 3 is 2.67 bits per heavy atom. The number of nitrogens with one attached hydrogen (secondary N) is 1. The van der Waals surface area contributed by atoms with Gasteiger partial charge >= 0.3 is 11.7 Å². The Balaban J connectivity index is 2.04. The summed E-state index contributed by atoms with van der Waals surface area (Å²) in [7, 11) is 0. The molecule has 2 rings (SSSR count). The van der Waals surface area contributed by atoms with Gasteiger partial charge in [-0.25, -0.2) is 9.89 Å². The molecule has 0 radical (unpaired) electrons. The number of nitrogens with zero attached hydrogens (tertiary/aromatic N) is 2. The van der Waals surface area contributed by atoms with Gasteiger partial charge in [0.1, 0.15) is 0 Å². The molecule has 0 spiro atoms. The zero-order chi connectivity index (χ0) is 15.4. The maximum absolute atomic E-state index is 11.4. The Bertz CT molecular complexity index is 676. The van der Waals surface area contributed by atoms with Crippen LogP contribution >= 0.6 is 11.8 Å². The summed E-state index contributed by atoms with van der Waals surface area (Å²) in [5.74, 6) is -0.671. The van der Waals surface area contributed by atoms with E-state index in [0.29, 0.717) is 17.5 Å². The van der Waals surface area contributed by atoms with E-state index in [1.54, 1.807) is 11.5 Å². The average molecular weight is 307 g/mol. The van der Waals surface area contributed by atoms with E-state index >= 15 is 0 Å². The molecule has 6 nitrogen and oxygen atoms in total. The van der Waals surface area contributed by atoms with Crippen LogP contribution in [0.3, 0.4) is 0 Å². The molecule has 0 aliphatic heterocycles. The van der Waals surface area contributed by atoms with Crippen molar-refractivity contribution < 1.29 is 9.90 Å². The maximum atomic E-state index is 11.4. The standard InChI is InChI=1S/C14H17N3O3S/c1-3-17-13(20)15-16-14(17)21-8-10-4-6-11(7-5-10)9(2)12(18)19/h4-7,9H,3,8H2,1-2H3,(H,15,20)(H,18,19). The summed E-state index contributed by atoms with van der Waals surface area (Å²) in [5.41, 5.74) is 1.63. The summed E-state index contributed by atoms with van der Waals surface area (Å²) in [5, 5.41) is 16.0. The number of carbonyl (C=O) groups is 1. The molecule has 0 aliphatic carbocycles. The van der Waals surface area contributed by atoms with Gasteiger partial charge in [-0.3, -0.25) is 9.36 Å². The largest absolute Gasteiger partial charge is 0.481 e. The van der Waals surface area contributed by atoms with Gasteiger partial charge in [-0.15, -0.1) is 5.10 Å². The van der Waals surface area contributed by atoms with E-state index in [1.165, 1.54) is 11.8 Å². The first kappa shape index (κ1) is 15.4. The summed E-state index contributed by atoms with van der Waals surface area (Å²) < 4.78 is 1.57. The normalized spacial score (nSPS) is 12.3. The highest BCUT2D eigenvalue weighted by Gasteiger charge is 2.13. The minimum absolute atomic E-state index is 0.203. The molecule has 0 amide bonds. The number of hydrogen-bond acceptors (Lipinski definition) is 4. The Labute approximate surface area is 126 Å². The molecule has 1 aromatic heterocycles. The first-order valence-corrected chi connectivity index (χ1v) is 7.61. The van der Waals surface area contributed by atoms with Crippen LogP contribution < -0.4 is 5.69 Å². The number of aromatic amines is 1. The highest BCUT2D eigenvalue weighted by atomic mass is 32.2. The van der Waals surface area contributed by atoms with Crippen molar-refractivity contribution in [2.75, 3.05) is 0 Å². The third-order valence-electron chi connectivity index (χ3n) is 3.26. The van der Waals surface area contributed by atoms with Crippen LogP contribution in [-0.4, -0.2) is 25.8 Å². The summed E-state index contributed by atoms with van der Waals surface area (Å²) >= 11 is 1.47. The number of carboxylic acid groups (broad SMARTS) is 1. The highest BCUT2D eigenvalue weighted by Crippen LogP contribution is 2.22. The second kappa shape index (κ2) is 6.62. The van der Waals surface area contributed by atoms with E-state index in [2.05, 4.69) is 10.2 Å². The van der Waals surface area contributed by atoms with E-state index in [1.807, 2.05) is 31.2 Å². The topological polar surface area (TPSA) is 88.0 Å². The van der Waals surface area contributed by atoms with Crippen LogP contribution in [0.15, 0.2) is 34.2 Å². The molecule has 1 aromatic carbocycles. The lowest BCUT2D eigenvalue weighted by Crippen LogP contribution is -2.16. The van der Waals surface area contributed by atoms with Crippen LogP contribution in [0.4, 0.5) is 0 Å². The Hall–Kier alpha value is -2.02. The molecule has 0 saturated heterocycles.